The van der Waals surface area contributed by atoms with Crippen molar-refractivity contribution in [3.8, 4) is 0 Å². The minimum atomic E-state index is -0.829. The minimum Gasteiger partial charge on any atom is -0.386 e. The summed E-state index contributed by atoms with van der Waals surface area (Å²) in [6, 6.07) is 19.7. The van der Waals surface area contributed by atoms with Gasteiger partial charge in [-0.05, 0) is 85.3 Å². The third kappa shape index (κ3) is 13.1. The van der Waals surface area contributed by atoms with E-state index in [1.807, 2.05) is 24.3 Å². The molecule has 0 radical (unpaired) electrons. The van der Waals surface area contributed by atoms with Gasteiger partial charge in [-0.1, -0.05) is 115 Å². The molecule has 0 amide bonds. The van der Waals surface area contributed by atoms with Crippen LogP contribution in [-0.4, -0.2) is 23.9 Å². The van der Waals surface area contributed by atoms with Gasteiger partial charge in [0.25, 0.3) is 0 Å². The summed E-state index contributed by atoms with van der Waals surface area (Å²) in [4.78, 5) is 50.2. The third-order valence-electron chi connectivity index (χ3n) is 8.24. The van der Waals surface area contributed by atoms with E-state index in [1.54, 1.807) is 24.3 Å². The molecule has 3 aromatic rings. The SMILES string of the molecule is CCCCCCCCCc1ccc(C(=O)OC(=O)c2ccc(C(=O)OC(=O)c3ccc(CCCCCCCCC)cc3)cc2)cc1. The fraction of sp³-hybridized carbons (Fsp3) is 0.450. The minimum absolute atomic E-state index is 0.100. The van der Waals surface area contributed by atoms with Crippen LogP contribution in [0.25, 0.3) is 0 Å². The van der Waals surface area contributed by atoms with E-state index in [0.717, 1.165) is 36.8 Å². The van der Waals surface area contributed by atoms with E-state index in [2.05, 4.69) is 13.8 Å². The summed E-state index contributed by atoms with van der Waals surface area (Å²) in [6.45, 7) is 4.44. The molecule has 0 saturated carbocycles. The zero-order valence-corrected chi connectivity index (χ0v) is 27.7. The number of hydrogen-bond acceptors (Lipinski definition) is 6. The van der Waals surface area contributed by atoms with Crippen molar-refractivity contribution in [2.45, 2.75) is 117 Å². The number of ether oxygens (including phenoxy) is 2. The summed E-state index contributed by atoms with van der Waals surface area (Å²) in [6.07, 6.45) is 19.3. The topological polar surface area (TPSA) is 86.7 Å². The van der Waals surface area contributed by atoms with Gasteiger partial charge in [-0.3, -0.25) is 0 Å². The summed E-state index contributed by atoms with van der Waals surface area (Å²) in [5.41, 5.74) is 3.08. The predicted octanol–water partition coefficient (Wildman–Crippen LogP) is 10.3. The van der Waals surface area contributed by atoms with Crippen LogP contribution >= 0.6 is 0 Å². The van der Waals surface area contributed by atoms with E-state index in [9.17, 15) is 19.2 Å². The van der Waals surface area contributed by atoms with Crippen LogP contribution in [0.3, 0.4) is 0 Å². The van der Waals surface area contributed by atoms with Crippen LogP contribution in [0.15, 0.2) is 72.8 Å². The number of carbonyl (C=O) groups is 4. The maximum absolute atomic E-state index is 12.6. The van der Waals surface area contributed by atoms with Gasteiger partial charge in [-0.15, -0.1) is 0 Å². The molecule has 3 aromatic carbocycles. The lowest BCUT2D eigenvalue weighted by Gasteiger charge is -2.07. The number of carbonyl (C=O) groups excluding carboxylic acids is 4. The van der Waals surface area contributed by atoms with Crippen LogP contribution in [0.1, 0.15) is 156 Å². The van der Waals surface area contributed by atoms with Crippen LogP contribution in [0, 0.1) is 0 Å². The molecule has 0 unspecified atom stereocenters. The molecule has 0 spiro atoms. The largest absolute Gasteiger partial charge is 0.386 e. The zero-order valence-electron chi connectivity index (χ0n) is 27.7. The van der Waals surface area contributed by atoms with Gasteiger partial charge in [0.15, 0.2) is 0 Å². The Morgan fingerprint density at radius 3 is 0.891 bits per heavy atom. The average Bonchev–Trinajstić information content (AvgIpc) is 3.08. The molecule has 0 aliphatic carbocycles. The Morgan fingerprint density at radius 1 is 0.370 bits per heavy atom. The fourth-order valence-electron chi connectivity index (χ4n) is 5.33. The Labute approximate surface area is 274 Å². The maximum atomic E-state index is 12.6. The van der Waals surface area contributed by atoms with Gasteiger partial charge in [0, 0.05) is 0 Å². The van der Waals surface area contributed by atoms with Crippen molar-refractivity contribution in [2.24, 2.45) is 0 Å². The molecule has 0 heterocycles. The highest BCUT2D eigenvalue weighted by molar-refractivity contribution is 6.04. The highest BCUT2D eigenvalue weighted by atomic mass is 16.6. The summed E-state index contributed by atoms with van der Waals surface area (Å²) < 4.78 is 10.1. The Morgan fingerprint density at radius 2 is 0.609 bits per heavy atom. The fourth-order valence-corrected chi connectivity index (χ4v) is 5.33. The van der Waals surface area contributed by atoms with Crippen molar-refractivity contribution in [1.29, 1.82) is 0 Å². The molecule has 246 valence electrons. The van der Waals surface area contributed by atoms with Crippen LogP contribution in [0.5, 0.6) is 0 Å². The lowest BCUT2D eigenvalue weighted by atomic mass is 10.0. The normalized spacial score (nSPS) is 10.8. The maximum Gasteiger partial charge on any atom is 0.346 e. The van der Waals surface area contributed by atoms with Gasteiger partial charge < -0.3 is 9.47 Å². The molecule has 46 heavy (non-hydrogen) atoms. The van der Waals surface area contributed by atoms with Crippen LogP contribution in [0.4, 0.5) is 0 Å². The standard InChI is InChI=1S/C40H50O6/c1-3-5-7-9-11-13-15-17-31-19-23-33(24-20-31)37(41)45-39(43)35-27-29-36(30-28-35)40(44)46-38(42)34-25-21-32(22-26-34)18-16-14-12-10-8-6-4-2/h19-30H,3-18H2,1-2H3. The summed E-state index contributed by atoms with van der Waals surface area (Å²) in [5.74, 6) is -3.14. The molecule has 0 aromatic heterocycles. The molecule has 0 bridgehead atoms. The summed E-state index contributed by atoms with van der Waals surface area (Å²) in [7, 11) is 0. The first kappa shape index (κ1) is 36.4. The van der Waals surface area contributed by atoms with Gasteiger partial charge >= 0.3 is 23.9 Å². The first-order valence-electron chi connectivity index (χ1n) is 17.2. The van der Waals surface area contributed by atoms with Gasteiger partial charge in [0.2, 0.25) is 0 Å². The molecule has 0 atom stereocenters. The summed E-state index contributed by atoms with van der Waals surface area (Å²) >= 11 is 0. The first-order valence-corrected chi connectivity index (χ1v) is 17.2. The molecule has 0 aliphatic heterocycles. The Kier molecular flexibility index (Phi) is 16.5. The molecular weight excluding hydrogens is 576 g/mol. The summed E-state index contributed by atoms with van der Waals surface area (Å²) in [5, 5.41) is 0. The monoisotopic (exact) mass is 626 g/mol. The van der Waals surface area contributed by atoms with E-state index in [0.29, 0.717) is 11.1 Å². The van der Waals surface area contributed by atoms with Crippen molar-refractivity contribution >= 4 is 23.9 Å². The second-order valence-electron chi connectivity index (χ2n) is 12.1. The van der Waals surface area contributed by atoms with E-state index in [4.69, 9.17) is 9.47 Å². The molecule has 6 nitrogen and oxygen atoms in total. The molecule has 3 rings (SSSR count). The molecule has 6 heteroatoms. The predicted molar refractivity (Wildman–Crippen MR) is 182 cm³/mol. The van der Waals surface area contributed by atoms with Crippen molar-refractivity contribution in [1.82, 2.24) is 0 Å². The van der Waals surface area contributed by atoms with E-state index in [1.165, 1.54) is 101 Å². The van der Waals surface area contributed by atoms with Gasteiger partial charge in [0.05, 0.1) is 22.3 Å². The molecule has 0 fully saturated rings. The van der Waals surface area contributed by atoms with Crippen molar-refractivity contribution in [3.63, 3.8) is 0 Å². The van der Waals surface area contributed by atoms with E-state index in [-0.39, 0.29) is 11.1 Å². The number of rotatable bonds is 20. The number of unbranched alkanes of at least 4 members (excludes halogenated alkanes) is 12. The number of benzene rings is 3. The van der Waals surface area contributed by atoms with Crippen molar-refractivity contribution in [2.75, 3.05) is 0 Å². The third-order valence-corrected chi connectivity index (χ3v) is 8.24. The highest BCUT2D eigenvalue weighted by Crippen LogP contribution is 2.16. The highest BCUT2D eigenvalue weighted by Gasteiger charge is 2.18. The van der Waals surface area contributed by atoms with Crippen molar-refractivity contribution in [3.05, 3.63) is 106 Å². The first-order chi connectivity index (χ1) is 22.4. The Bertz CT molecular complexity index is 1250. The second-order valence-corrected chi connectivity index (χ2v) is 12.1. The average molecular weight is 627 g/mol. The van der Waals surface area contributed by atoms with Crippen LogP contribution in [-0.2, 0) is 22.3 Å². The van der Waals surface area contributed by atoms with Crippen LogP contribution < -0.4 is 0 Å². The van der Waals surface area contributed by atoms with Gasteiger partial charge in [-0.25, -0.2) is 19.2 Å². The van der Waals surface area contributed by atoms with Crippen LogP contribution in [0.2, 0.25) is 0 Å². The smallest absolute Gasteiger partial charge is 0.346 e. The lowest BCUT2D eigenvalue weighted by molar-refractivity contribution is 0.0376. The second kappa shape index (κ2) is 20.9. The molecule has 0 saturated heterocycles. The number of esters is 4. The quantitative estimate of drug-likeness (QED) is 0.0704. The molecule has 0 N–H and O–H groups in total. The molecular formula is C40H50O6. The van der Waals surface area contributed by atoms with E-state index < -0.39 is 23.9 Å². The molecule has 0 aliphatic rings. The number of aryl methyl sites for hydroxylation is 2. The number of hydrogen-bond donors (Lipinski definition) is 0. The lowest BCUT2D eigenvalue weighted by Crippen LogP contribution is -2.14. The van der Waals surface area contributed by atoms with E-state index >= 15 is 0 Å². The van der Waals surface area contributed by atoms with Gasteiger partial charge in [0.1, 0.15) is 0 Å². The zero-order chi connectivity index (χ0) is 33.0. The Balaban J connectivity index is 1.40. The van der Waals surface area contributed by atoms with Crippen molar-refractivity contribution < 1.29 is 28.7 Å². The Hall–Kier alpha value is -4.06. The van der Waals surface area contributed by atoms with Gasteiger partial charge in [-0.2, -0.15) is 0 Å².